The second-order valence-corrected chi connectivity index (χ2v) is 11.5. The van der Waals surface area contributed by atoms with E-state index in [2.05, 4.69) is 13.8 Å². The van der Waals surface area contributed by atoms with Crippen molar-refractivity contribution in [1.29, 1.82) is 0 Å². The third-order valence-electron chi connectivity index (χ3n) is 8.82. The lowest BCUT2D eigenvalue weighted by molar-refractivity contribution is 0.155. The summed E-state index contributed by atoms with van der Waals surface area (Å²) in [4.78, 5) is 0. The lowest BCUT2D eigenvalue weighted by Gasteiger charge is -2.38. The van der Waals surface area contributed by atoms with Crippen molar-refractivity contribution < 1.29 is 13.5 Å². The minimum atomic E-state index is -0.529. The summed E-state index contributed by atoms with van der Waals surface area (Å²) in [5.41, 5.74) is 0.830. The molecule has 0 radical (unpaired) electrons. The Bertz CT molecular complexity index is 678. The normalized spacial score (nSPS) is 26.4. The van der Waals surface area contributed by atoms with Crippen molar-refractivity contribution in [2.45, 2.75) is 142 Å². The molecule has 2 saturated carbocycles. The molecule has 0 N–H and O–H groups in total. The maximum Gasteiger partial charge on any atom is 0.191 e. The number of hydrogen-bond acceptors (Lipinski definition) is 1. The molecular weight excluding hydrogens is 426 g/mol. The number of rotatable bonds is 13. The SMILES string of the molecule is CCCCCCC(C)Oc1c(F)cc(C2CCC(C3CCC(CCCCC)CC3)CC2)cc1F. The minimum absolute atomic E-state index is 0.163. The van der Waals surface area contributed by atoms with Crippen LogP contribution in [0.3, 0.4) is 0 Å². The first-order valence-electron chi connectivity index (χ1n) is 14.7. The van der Waals surface area contributed by atoms with E-state index in [1.54, 1.807) is 12.1 Å². The molecule has 1 aromatic rings. The van der Waals surface area contributed by atoms with Gasteiger partial charge in [-0.3, -0.25) is 0 Å². The van der Waals surface area contributed by atoms with Gasteiger partial charge in [0.25, 0.3) is 0 Å². The summed E-state index contributed by atoms with van der Waals surface area (Å²) in [5.74, 6) is 1.70. The number of hydrogen-bond donors (Lipinski definition) is 0. The van der Waals surface area contributed by atoms with Crippen LogP contribution in [0.4, 0.5) is 8.78 Å². The van der Waals surface area contributed by atoms with Crippen molar-refractivity contribution in [2.75, 3.05) is 0 Å². The van der Waals surface area contributed by atoms with Crippen LogP contribution in [0.5, 0.6) is 5.75 Å². The van der Waals surface area contributed by atoms with E-state index in [1.165, 1.54) is 77.0 Å². The van der Waals surface area contributed by atoms with Crippen molar-refractivity contribution in [1.82, 2.24) is 0 Å². The van der Waals surface area contributed by atoms with Crippen molar-refractivity contribution >= 4 is 0 Å². The summed E-state index contributed by atoms with van der Waals surface area (Å²) in [5, 5.41) is 0. The van der Waals surface area contributed by atoms with E-state index in [9.17, 15) is 8.78 Å². The van der Waals surface area contributed by atoms with Crippen LogP contribution in [0.25, 0.3) is 0 Å². The highest BCUT2D eigenvalue weighted by molar-refractivity contribution is 5.33. The van der Waals surface area contributed by atoms with Gasteiger partial charge in [0.05, 0.1) is 6.10 Å². The molecule has 0 heterocycles. The van der Waals surface area contributed by atoms with Gasteiger partial charge < -0.3 is 4.74 Å². The molecule has 2 fully saturated rings. The topological polar surface area (TPSA) is 9.23 Å². The van der Waals surface area contributed by atoms with E-state index < -0.39 is 11.6 Å². The Kier molecular flexibility index (Phi) is 11.7. The summed E-state index contributed by atoms with van der Waals surface area (Å²) in [6, 6.07) is 3.10. The highest BCUT2D eigenvalue weighted by Crippen LogP contribution is 2.45. The fourth-order valence-corrected chi connectivity index (χ4v) is 6.60. The molecule has 194 valence electrons. The Morgan fingerprint density at radius 2 is 1.32 bits per heavy atom. The lowest BCUT2D eigenvalue weighted by atomic mass is 9.68. The molecule has 1 unspecified atom stereocenters. The zero-order valence-corrected chi connectivity index (χ0v) is 22.2. The van der Waals surface area contributed by atoms with Crippen molar-refractivity contribution in [3.63, 3.8) is 0 Å². The average Bonchev–Trinajstić information content (AvgIpc) is 2.85. The van der Waals surface area contributed by atoms with Gasteiger partial charge in [-0.25, -0.2) is 8.78 Å². The molecule has 0 spiro atoms. The van der Waals surface area contributed by atoms with Crippen LogP contribution < -0.4 is 4.74 Å². The number of ether oxygens (including phenoxy) is 1. The fraction of sp³-hybridized carbons (Fsp3) is 0.806. The zero-order valence-electron chi connectivity index (χ0n) is 22.2. The summed E-state index contributed by atoms with van der Waals surface area (Å²) in [7, 11) is 0. The third kappa shape index (κ3) is 8.23. The minimum Gasteiger partial charge on any atom is -0.485 e. The molecule has 34 heavy (non-hydrogen) atoms. The molecule has 0 aromatic heterocycles. The molecule has 1 atom stereocenters. The van der Waals surface area contributed by atoms with Gasteiger partial charge in [0.2, 0.25) is 0 Å². The Morgan fingerprint density at radius 1 is 0.765 bits per heavy atom. The van der Waals surface area contributed by atoms with Crippen LogP contribution in [0, 0.1) is 29.4 Å². The second-order valence-electron chi connectivity index (χ2n) is 11.5. The molecule has 0 aliphatic heterocycles. The molecule has 0 amide bonds. The molecule has 0 bridgehead atoms. The van der Waals surface area contributed by atoms with Gasteiger partial charge in [0.1, 0.15) is 0 Å². The highest BCUT2D eigenvalue weighted by atomic mass is 19.1. The first kappa shape index (κ1) is 27.5. The molecule has 0 saturated heterocycles. The molecule has 2 aliphatic carbocycles. The number of unbranched alkanes of at least 4 members (excludes halogenated alkanes) is 5. The quantitative estimate of drug-likeness (QED) is 0.257. The van der Waals surface area contributed by atoms with E-state index in [-0.39, 0.29) is 17.8 Å². The van der Waals surface area contributed by atoms with Crippen LogP contribution in [0.1, 0.15) is 141 Å². The predicted molar refractivity (Wildman–Crippen MR) is 139 cm³/mol. The van der Waals surface area contributed by atoms with E-state index in [1.807, 2.05) is 6.92 Å². The molecule has 1 aromatic carbocycles. The van der Waals surface area contributed by atoms with Gasteiger partial charge in [0.15, 0.2) is 17.4 Å². The summed E-state index contributed by atoms with van der Waals surface area (Å²) >= 11 is 0. The lowest BCUT2D eigenvalue weighted by Crippen LogP contribution is -2.25. The number of halogens is 2. The first-order valence-corrected chi connectivity index (χ1v) is 14.7. The monoisotopic (exact) mass is 476 g/mol. The van der Waals surface area contributed by atoms with Gasteiger partial charge in [-0.15, -0.1) is 0 Å². The summed E-state index contributed by atoms with van der Waals surface area (Å²) in [6.45, 7) is 6.38. The Balaban J connectivity index is 1.45. The van der Waals surface area contributed by atoms with Crippen LogP contribution in [0.2, 0.25) is 0 Å². The Hall–Kier alpha value is -1.12. The molecular formula is C31H50F2O. The summed E-state index contributed by atoms with van der Waals surface area (Å²) in [6.07, 6.45) is 21.0. The Morgan fingerprint density at radius 3 is 1.91 bits per heavy atom. The maximum atomic E-state index is 14.8. The smallest absolute Gasteiger partial charge is 0.191 e. The van der Waals surface area contributed by atoms with Gasteiger partial charge in [-0.05, 0) is 99.7 Å². The third-order valence-corrected chi connectivity index (χ3v) is 8.82. The number of benzene rings is 1. The van der Waals surface area contributed by atoms with Crippen LogP contribution in [-0.2, 0) is 0 Å². The van der Waals surface area contributed by atoms with Gasteiger partial charge in [0, 0.05) is 0 Å². The van der Waals surface area contributed by atoms with Crippen molar-refractivity contribution in [2.24, 2.45) is 17.8 Å². The molecule has 3 heteroatoms. The second kappa shape index (κ2) is 14.4. The van der Waals surface area contributed by atoms with Gasteiger partial charge in [-0.2, -0.15) is 0 Å². The van der Waals surface area contributed by atoms with Crippen LogP contribution in [0.15, 0.2) is 12.1 Å². The van der Waals surface area contributed by atoms with E-state index in [0.717, 1.165) is 55.4 Å². The first-order chi connectivity index (χ1) is 16.5. The van der Waals surface area contributed by atoms with Gasteiger partial charge in [-0.1, -0.05) is 71.6 Å². The molecule has 3 rings (SSSR count). The predicted octanol–water partition coefficient (Wildman–Crippen LogP) is 10.4. The highest BCUT2D eigenvalue weighted by Gasteiger charge is 2.31. The maximum absolute atomic E-state index is 14.8. The molecule has 1 nitrogen and oxygen atoms in total. The molecule has 2 aliphatic rings. The van der Waals surface area contributed by atoms with Crippen molar-refractivity contribution in [3.8, 4) is 5.75 Å². The van der Waals surface area contributed by atoms with Crippen molar-refractivity contribution in [3.05, 3.63) is 29.3 Å². The van der Waals surface area contributed by atoms with Crippen LogP contribution >= 0.6 is 0 Å². The van der Waals surface area contributed by atoms with Crippen LogP contribution in [-0.4, -0.2) is 6.10 Å². The Labute approximate surface area is 208 Å². The summed E-state index contributed by atoms with van der Waals surface area (Å²) < 4.78 is 35.3. The van der Waals surface area contributed by atoms with Gasteiger partial charge >= 0.3 is 0 Å². The average molecular weight is 477 g/mol. The van der Waals surface area contributed by atoms with E-state index >= 15 is 0 Å². The standard InChI is InChI=1S/C31H50F2O/c1-4-6-8-10-11-23(3)34-31-29(32)21-28(22-30(31)33)27-19-17-26(18-20-27)25-15-13-24(14-16-25)12-9-7-5-2/h21-27H,4-20H2,1-3H3. The van der Waals surface area contributed by atoms with E-state index in [4.69, 9.17) is 4.74 Å². The largest absolute Gasteiger partial charge is 0.485 e. The zero-order chi connectivity index (χ0) is 24.3. The fourth-order valence-electron chi connectivity index (χ4n) is 6.60. The van der Waals surface area contributed by atoms with E-state index in [0.29, 0.717) is 0 Å².